The number of nitrogens with zero attached hydrogens (tertiary/aromatic N) is 2. The summed E-state index contributed by atoms with van der Waals surface area (Å²) in [7, 11) is 1.54. The molecular weight excluding hydrogens is 422 g/mol. The molecule has 0 aromatic rings. The highest BCUT2D eigenvalue weighted by molar-refractivity contribution is 8.01. The molecule has 4 rings (SSSR count). The van der Waals surface area contributed by atoms with E-state index >= 15 is 0 Å². The molecule has 4 aliphatic rings. The standard InChI is InChI=1S/C20H23N5O3S2/c1-28-17-7-6-12(25(26)27)10-16(17)24-20(29)23-14-5-3-2-4-13(14)19-22-15-8-9-21-11-18(15)30-19/h2-3,5-9,12-13,18-19,22H,4,10-11H2,1H3,(H2,23,24,29)/t12?,13-,18-,19?/m1/s1. The zero-order valence-corrected chi connectivity index (χ0v) is 18.0. The zero-order valence-electron chi connectivity index (χ0n) is 16.4. The minimum atomic E-state index is -0.795. The molecule has 4 atom stereocenters. The Hall–Kier alpha value is -2.59. The molecule has 8 nitrogen and oxygen atoms in total. The molecule has 0 bridgehead atoms. The molecule has 0 aromatic carbocycles. The lowest BCUT2D eigenvalue weighted by Gasteiger charge is -2.28. The van der Waals surface area contributed by atoms with Crippen molar-refractivity contribution < 1.29 is 9.66 Å². The van der Waals surface area contributed by atoms with Gasteiger partial charge >= 0.3 is 0 Å². The molecule has 10 heteroatoms. The number of thiocarbonyl (C=S) groups is 1. The van der Waals surface area contributed by atoms with Gasteiger partial charge in [0.15, 0.2) is 5.11 Å². The number of methoxy groups -OCH3 is 1. The van der Waals surface area contributed by atoms with E-state index in [1.807, 2.05) is 36.2 Å². The van der Waals surface area contributed by atoms with Gasteiger partial charge in [-0.1, -0.05) is 12.2 Å². The first-order chi connectivity index (χ1) is 14.5. The number of dihydropyridines is 1. The molecule has 1 saturated heterocycles. The van der Waals surface area contributed by atoms with Crippen molar-refractivity contribution in [2.24, 2.45) is 10.9 Å². The van der Waals surface area contributed by atoms with E-state index in [0.717, 1.165) is 18.7 Å². The second-order valence-electron chi connectivity index (χ2n) is 7.26. The van der Waals surface area contributed by atoms with E-state index in [4.69, 9.17) is 17.0 Å². The average Bonchev–Trinajstić information content (AvgIpc) is 3.18. The van der Waals surface area contributed by atoms with Crippen LogP contribution in [-0.4, -0.2) is 46.6 Å². The third-order valence-corrected chi connectivity index (χ3v) is 7.03. The normalized spacial score (nSPS) is 29.5. The lowest BCUT2D eigenvalue weighted by molar-refractivity contribution is -0.509. The van der Waals surface area contributed by atoms with Crippen molar-refractivity contribution in [1.29, 1.82) is 0 Å². The van der Waals surface area contributed by atoms with Crippen LogP contribution in [0.15, 0.2) is 64.3 Å². The van der Waals surface area contributed by atoms with E-state index in [-0.39, 0.29) is 22.6 Å². The molecule has 2 heterocycles. The number of nitro groups is 1. The first kappa shape index (κ1) is 20.7. The Kier molecular flexibility index (Phi) is 6.24. The predicted molar refractivity (Wildman–Crippen MR) is 123 cm³/mol. The predicted octanol–water partition coefficient (Wildman–Crippen LogP) is 2.37. The number of hydrogen-bond acceptors (Lipinski definition) is 7. The molecule has 3 N–H and O–H groups in total. The maximum atomic E-state index is 11.2. The van der Waals surface area contributed by atoms with Crippen LogP contribution in [0.1, 0.15) is 12.8 Å². The van der Waals surface area contributed by atoms with Gasteiger partial charge in [-0.25, -0.2) is 0 Å². The molecule has 30 heavy (non-hydrogen) atoms. The highest BCUT2D eigenvalue weighted by Crippen LogP contribution is 2.39. The average molecular weight is 446 g/mol. The van der Waals surface area contributed by atoms with Crippen LogP contribution in [-0.2, 0) is 4.74 Å². The summed E-state index contributed by atoms with van der Waals surface area (Å²) >= 11 is 7.41. The molecule has 2 unspecified atom stereocenters. The van der Waals surface area contributed by atoms with E-state index < -0.39 is 6.04 Å². The van der Waals surface area contributed by atoms with Crippen LogP contribution < -0.4 is 16.0 Å². The Bertz CT molecular complexity index is 921. The third kappa shape index (κ3) is 4.44. The zero-order chi connectivity index (χ0) is 21.1. The summed E-state index contributed by atoms with van der Waals surface area (Å²) in [5.74, 6) is 0.773. The van der Waals surface area contributed by atoms with E-state index in [1.165, 1.54) is 18.9 Å². The Labute approximate surface area is 184 Å². The molecule has 1 fully saturated rings. The Morgan fingerprint density at radius 1 is 1.43 bits per heavy atom. The Morgan fingerprint density at radius 3 is 3.07 bits per heavy atom. The number of aliphatic imine (C=N–C) groups is 1. The molecule has 0 aromatic heterocycles. The molecule has 0 amide bonds. The minimum Gasteiger partial charge on any atom is -0.495 e. The first-order valence-corrected chi connectivity index (χ1v) is 11.1. The van der Waals surface area contributed by atoms with Crippen LogP contribution in [0.3, 0.4) is 0 Å². The maximum absolute atomic E-state index is 11.2. The van der Waals surface area contributed by atoms with E-state index in [0.29, 0.717) is 21.8 Å². The van der Waals surface area contributed by atoms with E-state index in [2.05, 4.69) is 27.0 Å². The van der Waals surface area contributed by atoms with Gasteiger partial charge in [0.25, 0.3) is 0 Å². The smallest absolute Gasteiger partial charge is 0.237 e. The number of hydrogen-bond donors (Lipinski definition) is 3. The summed E-state index contributed by atoms with van der Waals surface area (Å²) in [5.41, 5.74) is 2.84. The summed E-state index contributed by atoms with van der Waals surface area (Å²) in [6.07, 6.45) is 14.3. The largest absolute Gasteiger partial charge is 0.495 e. The maximum Gasteiger partial charge on any atom is 0.237 e. The number of ether oxygens (including phenoxy) is 1. The van der Waals surface area contributed by atoms with Gasteiger partial charge in [-0.05, 0) is 42.9 Å². The van der Waals surface area contributed by atoms with Crippen LogP contribution in [0, 0.1) is 16.0 Å². The summed E-state index contributed by atoms with van der Waals surface area (Å²) in [6.45, 7) is 0.800. The fraction of sp³-hybridized carbons (Fsp3) is 0.400. The first-order valence-electron chi connectivity index (χ1n) is 9.70. The second-order valence-corrected chi connectivity index (χ2v) is 9.02. The highest BCUT2D eigenvalue weighted by atomic mass is 32.2. The summed E-state index contributed by atoms with van der Waals surface area (Å²) < 4.78 is 5.34. The van der Waals surface area contributed by atoms with Crippen LogP contribution in [0.25, 0.3) is 0 Å². The van der Waals surface area contributed by atoms with Gasteiger partial charge < -0.3 is 20.7 Å². The Balaban J connectivity index is 1.42. The molecule has 158 valence electrons. The summed E-state index contributed by atoms with van der Waals surface area (Å²) in [4.78, 5) is 15.2. The number of rotatable bonds is 5. The minimum absolute atomic E-state index is 0.201. The SMILES string of the molecule is COC1=C(NC(=S)NC2=CC=CC[C@H]2C2NC3=CC=NC[C@H]3S2)CC([N+](=O)[O-])C=C1. The van der Waals surface area contributed by atoms with Crippen molar-refractivity contribution in [3.8, 4) is 0 Å². The van der Waals surface area contributed by atoms with Gasteiger partial charge in [-0.2, -0.15) is 0 Å². The topological polar surface area (TPSA) is 101 Å². The molecular formula is C20H23N5O3S2. The van der Waals surface area contributed by atoms with Crippen LogP contribution in [0.5, 0.6) is 0 Å². The van der Waals surface area contributed by atoms with Crippen LogP contribution in [0.4, 0.5) is 0 Å². The van der Waals surface area contributed by atoms with Crippen molar-refractivity contribution >= 4 is 35.3 Å². The van der Waals surface area contributed by atoms with Gasteiger partial charge in [0.1, 0.15) is 5.76 Å². The monoisotopic (exact) mass is 445 g/mol. The van der Waals surface area contributed by atoms with Gasteiger partial charge in [0.05, 0.1) is 36.4 Å². The number of allylic oxidation sites excluding steroid dienone is 5. The highest BCUT2D eigenvalue weighted by Gasteiger charge is 2.37. The van der Waals surface area contributed by atoms with Crippen LogP contribution in [0.2, 0.25) is 0 Å². The van der Waals surface area contributed by atoms with Crippen molar-refractivity contribution in [2.45, 2.75) is 29.5 Å². The van der Waals surface area contributed by atoms with Crippen molar-refractivity contribution in [1.82, 2.24) is 16.0 Å². The van der Waals surface area contributed by atoms with E-state index in [9.17, 15) is 10.1 Å². The molecule has 0 spiro atoms. The fourth-order valence-electron chi connectivity index (χ4n) is 3.82. The van der Waals surface area contributed by atoms with Gasteiger partial charge in [-0.15, -0.1) is 11.8 Å². The lowest BCUT2D eigenvalue weighted by atomic mass is 9.96. The van der Waals surface area contributed by atoms with Gasteiger partial charge in [0, 0.05) is 28.4 Å². The lowest BCUT2D eigenvalue weighted by Crippen LogP contribution is -2.41. The molecule has 0 saturated carbocycles. The third-order valence-electron chi connectivity index (χ3n) is 5.36. The molecule has 0 radical (unpaired) electrons. The molecule has 2 aliphatic heterocycles. The van der Waals surface area contributed by atoms with E-state index in [1.54, 1.807) is 6.08 Å². The van der Waals surface area contributed by atoms with Crippen LogP contribution >= 0.6 is 24.0 Å². The second kappa shape index (κ2) is 9.05. The van der Waals surface area contributed by atoms with Gasteiger partial charge in [-0.3, -0.25) is 15.1 Å². The number of thioether (sulfide) groups is 1. The van der Waals surface area contributed by atoms with Gasteiger partial charge in [0.2, 0.25) is 6.04 Å². The molecule has 2 aliphatic carbocycles. The number of fused-ring (bicyclic) bond motifs is 1. The summed E-state index contributed by atoms with van der Waals surface area (Å²) in [5, 5.41) is 22.2. The Morgan fingerprint density at radius 2 is 2.30 bits per heavy atom. The van der Waals surface area contributed by atoms with Crippen molar-refractivity contribution in [3.63, 3.8) is 0 Å². The quantitative estimate of drug-likeness (QED) is 0.337. The van der Waals surface area contributed by atoms with Crippen molar-refractivity contribution in [3.05, 3.63) is 69.4 Å². The fourth-order valence-corrected chi connectivity index (χ4v) is 5.53. The number of nitrogens with one attached hydrogen (secondary N) is 3. The van der Waals surface area contributed by atoms with Crippen molar-refractivity contribution in [2.75, 3.05) is 13.7 Å². The summed E-state index contributed by atoms with van der Waals surface area (Å²) in [6, 6.07) is -0.795.